The number of anilines is 2. The number of hydrazone groups is 1. The van der Waals surface area contributed by atoms with Crippen LogP contribution in [0.5, 0.6) is 5.75 Å². The van der Waals surface area contributed by atoms with E-state index in [4.69, 9.17) is 16.2 Å². The molecule has 35 heavy (non-hydrogen) atoms. The van der Waals surface area contributed by atoms with Crippen molar-refractivity contribution in [1.29, 1.82) is 0 Å². The van der Waals surface area contributed by atoms with E-state index in [1.54, 1.807) is 24.3 Å². The monoisotopic (exact) mass is 476 g/mol. The number of hydrogen-bond donors (Lipinski definition) is 4. The van der Waals surface area contributed by atoms with Gasteiger partial charge in [-0.2, -0.15) is 9.78 Å². The van der Waals surface area contributed by atoms with Gasteiger partial charge in [-0.3, -0.25) is 9.59 Å². The number of carbonyl (C=O) groups is 2. The number of nitrogens with zero attached hydrogens (tertiary/aromatic N) is 6. The highest BCUT2D eigenvalue weighted by atomic mass is 16.6. The summed E-state index contributed by atoms with van der Waals surface area (Å²) >= 11 is 0. The van der Waals surface area contributed by atoms with Crippen molar-refractivity contribution >= 4 is 29.5 Å². The first kappa shape index (κ1) is 22.9. The quantitative estimate of drug-likeness (QED) is 0.184. The van der Waals surface area contributed by atoms with Gasteiger partial charge in [0, 0.05) is 5.69 Å². The van der Waals surface area contributed by atoms with Crippen molar-refractivity contribution in [1.82, 2.24) is 30.7 Å². The fraction of sp³-hybridized carbons (Fsp3) is 0.0952. The molecule has 2 aromatic carbocycles. The molecule has 4 aromatic rings. The third-order valence-electron chi connectivity index (χ3n) is 4.55. The molecular weight excluding hydrogens is 456 g/mol. The normalized spacial score (nSPS) is 10.9. The molecule has 178 valence electrons. The van der Waals surface area contributed by atoms with Gasteiger partial charge in [-0.05, 0) is 52.3 Å². The van der Waals surface area contributed by atoms with Crippen molar-refractivity contribution < 1.29 is 19.0 Å². The first-order valence-electron chi connectivity index (χ1n) is 10.2. The summed E-state index contributed by atoms with van der Waals surface area (Å²) in [7, 11) is 0. The van der Waals surface area contributed by atoms with Crippen LogP contribution >= 0.6 is 0 Å². The molecule has 0 saturated heterocycles. The van der Waals surface area contributed by atoms with E-state index in [0.717, 1.165) is 5.69 Å². The van der Waals surface area contributed by atoms with Gasteiger partial charge < -0.3 is 21.5 Å². The van der Waals surface area contributed by atoms with Crippen LogP contribution in [-0.2, 0) is 11.3 Å². The molecule has 2 amide bonds. The van der Waals surface area contributed by atoms with Crippen LogP contribution in [0.25, 0.3) is 5.82 Å². The number of carbonyl (C=O) groups excluding carboxylic acids is 2. The summed E-state index contributed by atoms with van der Waals surface area (Å²) < 4.78 is 11.1. The van der Waals surface area contributed by atoms with Crippen LogP contribution in [0.1, 0.15) is 21.7 Å². The number of aromatic nitrogens is 5. The molecule has 0 bridgehead atoms. The molecule has 0 fully saturated rings. The van der Waals surface area contributed by atoms with E-state index in [1.807, 2.05) is 30.3 Å². The fourth-order valence-electron chi connectivity index (χ4n) is 2.91. The SMILES string of the molecule is NC(=O)COc1ccc(/C=N\NC(=O)c2nnn(-c3nonc3N)c2CNc2ccccc2)cc1. The molecule has 14 nitrogen and oxygen atoms in total. The zero-order valence-electron chi connectivity index (χ0n) is 18.2. The van der Waals surface area contributed by atoms with Gasteiger partial charge in [0.2, 0.25) is 11.6 Å². The molecule has 0 aliphatic heterocycles. The average molecular weight is 476 g/mol. The van der Waals surface area contributed by atoms with Gasteiger partial charge in [-0.15, -0.1) is 5.10 Å². The number of primary amides is 1. The Morgan fingerprint density at radius 2 is 1.89 bits per heavy atom. The highest BCUT2D eigenvalue weighted by Crippen LogP contribution is 2.17. The maximum absolute atomic E-state index is 12.8. The molecule has 0 atom stereocenters. The first-order valence-corrected chi connectivity index (χ1v) is 10.2. The standard InChI is InChI=1S/C21H20N10O4/c22-17(32)12-34-15-8-6-13(7-9-15)10-25-27-21(33)18-16(11-24-14-4-2-1-3-5-14)31(30-26-18)20-19(23)28-35-29-20/h1-10,24H,11-12H2,(H2,22,32)(H2,23,28)(H,27,33)/b25-10-. The molecule has 14 heteroatoms. The van der Waals surface area contributed by atoms with Crippen LogP contribution in [0.3, 0.4) is 0 Å². The van der Waals surface area contributed by atoms with Crippen LogP contribution in [0.4, 0.5) is 11.5 Å². The molecule has 0 saturated carbocycles. The Kier molecular flexibility index (Phi) is 6.91. The minimum absolute atomic E-state index is 0.00295. The summed E-state index contributed by atoms with van der Waals surface area (Å²) in [5.41, 5.74) is 15.1. The van der Waals surface area contributed by atoms with Gasteiger partial charge in [0.25, 0.3) is 11.8 Å². The summed E-state index contributed by atoms with van der Waals surface area (Å²) in [5.74, 6) is -0.614. The highest BCUT2D eigenvalue weighted by Gasteiger charge is 2.23. The summed E-state index contributed by atoms with van der Waals surface area (Å²) in [6.45, 7) is -0.0514. The lowest BCUT2D eigenvalue weighted by Gasteiger charge is -2.08. The number of benzene rings is 2. The average Bonchev–Trinajstić information content (AvgIpc) is 3.48. The van der Waals surface area contributed by atoms with Gasteiger partial charge in [0.05, 0.1) is 18.5 Å². The molecule has 0 unspecified atom stereocenters. The maximum Gasteiger partial charge on any atom is 0.293 e. The van der Waals surface area contributed by atoms with Crippen LogP contribution in [0, 0.1) is 0 Å². The third kappa shape index (κ3) is 5.75. The van der Waals surface area contributed by atoms with Gasteiger partial charge in [0.1, 0.15) is 5.75 Å². The predicted octanol–water partition coefficient (Wildman–Crippen LogP) is 0.473. The zero-order chi connectivity index (χ0) is 24.6. The molecular formula is C21H20N10O4. The minimum Gasteiger partial charge on any atom is -0.484 e. The smallest absolute Gasteiger partial charge is 0.293 e. The summed E-state index contributed by atoms with van der Waals surface area (Å²) in [6, 6.07) is 16.0. The Morgan fingerprint density at radius 1 is 1.11 bits per heavy atom. The number of hydrogen-bond acceptors (Lipinski definition) is 11. The third-order valence-corrected chi connectivity index (χ3v) is 4.55. The van der Waals surface area contributed by atoms with E-state index >= 15 is 0 Å². The van der Waals surface area contributed by atoms with Gasteiger partial charge in [-0.1, -0.05) is 23.4 Å². The molecule has 2 aromatic heterocycles. The van der Waals surface area contributed by atoms with Crippen molar-refractivity contribution in [2.75, 3.05) is 17.7 Å². The van der Waals surface area contributed by atoms with Crippen molar-refractivity contribution in [3.05, 3.63) is 71.5 Å². The lowest BCUT2D eigenvalue weighted by atomic mass is 10.2. The summed E-state index contributed by atoms with van der Waals surface area (Å²) in [6.07, 6.45) is 1.43. The molecule has 4 rings (SSSR count). The number of nitrogens with one attached hydrogen (secondary N) is 2. The lowest BCUT2D eigenvalue weighted by molar-refractivity contribution is -0.119. The largest absolute Gasteiger partial charge is 0.484 e. The topological polar surface area (TPSA) is 201 Å². The number of nitrogens with two attached hydrogens (primary N) is 2. The highest BCUT2D eigenvalue weighted by molar-refractivity contribution is 5.94. The second kappa shape index (κ2) is 10.6. The summed E-state index contributed by atoms with van der Waals surface area (Å²) in [4.78, 5) is 23.6. The van der Waals surface area contributed by atoms with Crippen molar-refractivity contribution in [3.8, 4) is 11.6 Å². The van der Waals surface area contributed by atoms with Gasteiger partial charge in [0.15, 0.2) is 12.3 Å². The van der Waals surface area contributed by atoms with Crippen LogP contribution < -0.4 is 26.9 Å². The molecule has 0 spiro atoms. The Hall–Kier alpha value is -5.27. The van der Waals surface area contributed by atoms with Gasteiger partial charge in [-0.25, -0.2) is 10.1 Å². The van der Waals surface area contributed by atoms with Crippen molar-refractivity contribution in [2.45, 2.75) is 6.54 Å². The van der Waals surface area contributed by atoms with Gasteiger partial charge >= 0.3 is 0 Å². The van der Waals surface area contributed by atoms with E-state index in [9.17, 15) is 9.59 Å². The molecule has 2 heterocycles. The second-order valence-corrected chi connectivity index (χ2v) is 7.01. The number of rotatable bonds is 10. The summed E-state index contributed by atoms with van der Waals surface area (Å²) in [5, 5.41) is 22.4. The van der Waals surface area contributed by atoms with E-state index in [-0.39, 0.29) is 30.5 Å². The molecule has 6 N–H and O–H groups in total. The number of para-hydroxylation sites is 1. The second-order valence-electron chi connectivity index (χ2n) is 7.01. The molecule has 0 aliphatic rings. The molecule has 0 aliphatic carbocycles. The lowest BCUT2D eigenvalue weighted by Crippen LogP contribution is -2.21. The molecule has 0 radical (unpaired) electrons. The van der Waals surface area contributed by atoms with E-state index < -0.39 is 11.8 Å². The fourth-order valence-corrected chi connectivity index (χ4v) is 2.91. The number of ether oxygens (including phenoxy) is 1. The minimum atomic E-state index is -0.603. The Balaban J connectivity index is 1.48. The predicted molar refractivity (Wildman–Crippen MR) is 124 cm³/mol. The van der Waals surface area contributed by atoms with Crippen LogP contribution in [0.15, 0.2) is 64.3 Å². The van der Waals surface area contributed by atoms with E-state index in [1.165, 1.54) is 10.9 Å². The van der Waals surface area contributed by atoms with Crippen LogP contribution in [0.2, 0.25) is 0 Å². The Bertz CT molecular complexity index is 1330. The van der Waals surface area contributed by atoms with Crippen molar-refractivity contribution in [2.24, 2.45) is 10.8 Å². The zero-order valence-corrected chi connectivity index (χ0v) is 18.2. The Morgan fingerprint density at radius 3 is 2.57 bits per heavy atom. The van der Waals surface area contributed by atoms with Crippen molar-refractivity contribution in [3.63, 3.8) is 0 Å². The van der Waals surface area contributed by atoms with E-state index in [0.29, 0.717) is 17.0 Å². The maximum atomic E-state index is 12.8. The Labute approximate surface area is 197 Å². The van der Waals surface area contributed by atoms with E-state index in [2.05, 4.69) is 41.1 Å². The number of nitrogen functional groups attached to an aromatic ring is 1. The van der Waals surface area contributed by atoms with Crippen LogP contribution in [-0.4, -0.2) is 49.9 Å². The number of amides is 2. The first-order chi connectivity index (χ1) is 17.0.